The van der Waals surface area contributed by atoms with E-state index in [-0.39, 0.29) is 17.1 Å². The van der Waals surface area contributed by atoms with Gasteiger partial charge < -0.3 is 9.84 Å². The van der Waals surface area contributed by atoms with E-state index in [1.165, 1.54) is 6.08 Å². The lowest BCUT2D eigenvalue weighted by atomic mass is 9.66. The van der Waals surface area contributed by atoms with Gasteiger partial charge in [0.05, 0.1) is 12.5 Å². The quantitative estimate of drug-likeness (QED) is 0.215. The molecule has 162 valence electrons. The lowest BCUT2D eigenvalue weighted by Crippen LogP contribution is -2.41. The van der Waals surface area contributed by atoms with E-state index in [2.05, 4.69) is 22.6 Å². The van der Waals surface area contributed by atoms with Gasteiger partial charge in [0.15, 0.2) is 11.6 Å². The fraction of sp³-hybridized carbons (Fsp3) is 0.440. The molecule has 0 amide bonds. The molecule has 0 fully saturated rings. The average Bonchev–Trinajstić information content (AvgIpc) is 2.72. The number of rotatable bonds is 10. The van der Waals surface area contributed by atoms with Gasteiger partial charge in [-0.15, -0.1) is 0 Å². The molecule has 0 aromatic heterocycles. The number of hydrogen-bond acceptors (Lipinski definition) is 4. The number of ketones is 2. The summed E-state index contributed by atoms with van der Waals surface area (Å²) in [6.45, 7) is 6.05. The van der Waals surface area contributed by atoms with Crippen molar-refractivity contribution in [3.8, 4) is 0 Å². The van der Waals surface area contributed by atoms with Gasteiger partial charge >= 0.3 is 0 Å². The normalized spacial score (nSPS) is 16.5. The number of aliphatic hydroxyl groups is 1. The number of hydrogen-bond donors (Lipinski definition) is 1. The molecule has 1 aromatic rings. The number of aliphatic hydroxyl groups excluding tert-OH is 1. The lowest BCUT2D eigenvalue weighted by molar-refractivity contribution is -0.128. The van der Waals surface area contributed by atoms with Crippen molar-refractivity contribution in [1.29, 1.82) is 0 Å². The van der Waals surface area contributed by atoms with Gasteiger partial charge in [0, 0.05) is 9.14 Å². The van der Waals surface area contributed by atoms with Crippen LogP contribution in [-0.2, 0) is 14.3 Å². The molecule has 0 bridgehead atoms. The van der Waals surface area contributed by atoms with Crippen molar-refractivity contribution in [2.75, 3.05) is 7.11 Å². The number of Topliss-reactive ketones (excluding diaryl/α,β-unsaturated/α-hetero) is 1. The second kappa shape index (κ2) is 10.9. The van der Waals surface area contributed by atoms with E-state index in [0.717, 1.165) is 28.4 Å². The predicted molar refractivity (Wildman–Crippen MR) is 129 cm³/mol. The fourth-order valence-corrected chi connectivity index (χ4v) is 4.65. The third-order valence-corrected chi connectivity index (χ3v) is 6.21. The van der Waals surface area contributed by atoms with Crippen molar-refractivity contribution in [3.05, 3.63) is 62.1 Å². The van der Waals surface area contributed by atoms with Crippen molar-refractivity contribution in [1.82, 2.24) is 0 Å². The van der Waals surface area contributed by atoms with Crippen molar-refractivity contribution in [2.24, 2.45) is 5.41 Å². The number of halogens is 1. The zero-order valence-corrected chi connectivity index (χ0v) is 20.4. The third kappa shape index (κ3) is 4.88. The van der Waals surface area contributed by atoms with Gasteiger partial charge in [-0.25, -0.2) is 0 Å². The van der Waals surface area contributed by atoms with Gasteiger partial charge in [0.25, 0.3) is 0 Å². The summed E-state index contributed by atoms with van der Waals surface area (Å²) in [5.41, 5.74) is 0.453. The summed E-state index contributed by atoms with van der Waals surface area (Å²) in [4.78, 5) is 26.8. The number of ether oxygens (including phenoxy) is 1. The summed E-state index contributed by atoms with van der Waals surface area (Å²) in [5, 5.41) is 11.0. The topological polar surface area (TPSA) is 63.6 Å². The summed E-state index contributed by atoms with van der Waals surface area (Å²) < 4.78 is 6.82. The molecule has 1 aliphatic carbocycles. The van der Waals surface area contributed by atoms with Crippen molar-refractivity contribution >= 4 is 40.2 Å². The first-order valence-electron chi connectivity index (χ1n) is 10.6. The Labute approximate surface area is 193 Å². The van der Waals surface area contributed by atoms with E-state index < -0.39 is 11.2 Å². The molecule has 1 aromatic carbocycles. The molecule has 0 radical (unpaired) electrons. The molecular weight excluding hydrogens is 491 g/mol. The number of methoxy groups -OCH3 is 1. The zero-order valence-electron chi connectivity index (χ0n) is 18.3. The number of benzene rings is 1. The molecule has 0 unspecified atom stereocenters. The van der Waals surface area contributed by atoms with Crippen LogP contribution in [0.15, 0.2) is 53.0 Å². The molecule has 0 spiro atoms. The van der Waals surface area contributed by atoms with Crippen molar-refractivity contribution in [2.45, 2.75) is 59.3 Å². The van der Waals surface area contributed by atoms with Gasteiger partial charge in [-0.3, -0.25) is 9.59 Å². The minimum atomic E-state index is -0.892. The lowest BCUT2D eigenvalue weighted by Gasteiger charge is -2.38. The maximum atomic E-state index is 13.7. The highest BCUT2D eigenvalue weighted by Gasteiger charge is 2.50. The monoisotopic (exact) mass is 522 g/mol. The molecule has 4 nitrogen and oxygen atoms in total. The Bertz CT molecular complexity index is 869. The van der Waals surface area contributed by atoms with Crippen LogP contribution < -0.4 is 0 Å². The van der Waals surface area contributed by atoms with Gasteiger partial charge in [0.1, 0.15) is 17.1 Å². The molecule has 1 aliphatic rings. The SMILES string of the molecule is CCCC1=C(OC)C(CCC)(CCC)C(=O)C(C(=O)/C=C/c2ccc(I)cc2)=C1O. The molecule has 0 heterocycles. The van der Waals surface area contributed by atoms with Crippen molar-refractivity contribution in [3.63, 3.8) is 0 Å². The second-order valence-corrected chi connectivity index (χ2v) is 8.89. The maximum absolute atomic E-state index is 13.7. The van der Waals surface area contributed by atoms with Crippen LogP contribution in [0.3, 0.4) is 0 Å². The summed E-state index contributed by atoms with van der Waals surface area (Å²) in [5.74, 6) is -0.471. The first-order valence-corrected chi connectivity index (χ1v) is 11.7. The maximum Gasteiger partial charge on any atom is 0.193 e. The number of allylic oxidation sites excluding steroid dienone is 4. The van der Waals surface area contributed by atoms with Crippen LogP contribution in [0.4, 0.5) is 0 Å². The summed E-state index contributed by atoms with van der Waals surface area (Å²) in [6, 6.07) is 7.72. The highest BCUT2D eigenvalue weighted by atomic mass is 127. The molecule has 0 saturated carbocycles. The smallest absolute Gasteiger partial charge is 0.193 e. The highest BCUT2D eigenvalue weighted by Crippen LogP contribution is 2.48. The average molecular weight is 522 g/mol. The molecule has 0 atom stereocenters. The van der Waals surface area contributed by atoms with Gasteiger partial charge in [-0.05, 0) is 65.6 Å². The Morgan fingerprint density at radius 1 is 1.10 bits per heavy atom. The molecule has 0 saturated heterocycles. The predicted octanol–water partition coefficient (Wildman–Crippen LogP) is 6.56. The van der Waals surface area contributed by atoms with E-state index in [4.69, 9.17) is 4.74 Å². The Hall–Kier alpha value is -1.89. The van der Waals surface area contributed by atoms with E-state index in [0.29, 0.717) is 30.6 Å². The van der Waals surface area contributed by atoms with Crippen LogP contribution in [-0.4, -0.2) is 23.8 Å². The molecular formula is C25H31IO4. The van der Waals surface area contributed by atoms with E-state index in [1.54, 1.807) is 13.2 Å². The van der Waals surface area contributed by atoms with Crippen LogP contribution in [0.25, 0.3) is 6.08 Å². The van der Waals surface area contributed by atoms with Gasteiger partial charge in [-0.2, -0.15) is 0 Å². The summed E-state index contributed by atoms with van der Waals surface area (Å²) in [6.07, 6.45) is 7.11. The Kier molecular flexibility index (Phi) is 8.89. The van der Waals surface area contributed by atoms with E-state index in [1.807, 2.05) is 45.0 Å². The van der Waals surface area contributed by atoms with Crippen LogP contribution in [0.2, 0.25) is 0 Å². The van der Waals surface area contributed by atoms with Crippen LogP contribution in [0, 0.1) is 8.99 Å². The molecule has 1 N–H and O–H groups in total. The Balaban J connectivity index is 2.58. The fourth-order valence-electron chi connectivity index (χ4n) is 4.29. The molecule has 0 aliphatic heterocycles. The highest BCUT2D eigenvalue weighted by molar-refractivity contribution is 14.1. The standard InChI is InChI=1S/C25H31IO4/c1-5-8-19-22(28)21(20(27)14-11-17-9-12-18(26)13-10-17)23(29)25(15-6-2,16-7-3)24(19)30-4/h9-14,28H,5-8,15-16H2,1-4H3/b14-11+. The summed E-state index contributed by atoms with van der Waals surface area (Å²) in [7, 11) is 1.55. The largest absolute Gasteiger partial charge is 0.507 e. The van der Waals surface area contributed by atoms with Gasteiger partial charge in [-0.1, -0.05) is 58.2 Å². The third-order valence-electron chi connectivity index (χ3n) is 5.49. The van der Waals surface area contributed by atoms with E-state index >= 15 is 0 Å². The van der Waals surface area contributed by atoms with Crippen LogP contribution >= 0.6 is 22.6 Å². The summed E-state index contributed by atoms with van der Waals surface area (Å²) >= 11 is 2.22. The van der Waals surface area contributed by atoms with Gasteiger partial charge in [0.2, 0.25) is 0 Å². The number of carbonyl (C=O) groups is 2. The Morgan fingerprint density at radius 3 is 2.20 bits per heavy atom. The first kappa shape index (κ1) is 24.4. The minimum absolute atomic E-state index is 0.108. The molecule has 30 heavy (non-hydrogen) atoms. The van der Waals surface area contributed by atoms with Crippen LogP contribution in [0.1, 0.15) is 64.9 Å². The Morgan fingerprint density at radius 2 is 1.70 bits per heavy atom. The second-order valence-electron chi connectivity index (χ2n) is 7.65. The zero-order chi connectivity index (χ0) is 22.3. The van der Waals surface area contributed by atoms with Crippen LogP contribution in [0.5, 0.6) is 0 Å². The van der Waals surface area contributed by atoms with Crippen molar-refractivity contribution < 1.29 is 19.4 Å². The molecule has 5 heteroatoms. The minimum Gasteiger partial charge on any atom is -0.507 e. The first-order chi connectivity index (χ1) is 14.4. The van der Waals surface area contributed by atoms with E-state index in [9.17, 15) is 14.7 Å². The molecule has 2 rings (SSSR count). The number of carbonyl (C=O) groups excluding carboxylic acids is 2.